The minimum absolute atomic E-state index is 0.137. The average molecular weight is 312 g/mol. The van der Waals surface area contributed by atoms with E-state index in [4.69, 9.17) is 0 Å². The van der Waals surface area contributed by atoms with E-state index in [0.717, 1.165) is 34.8 Å². The first-order chi connectivity index (χ1) is 8.60. The Balaban J connectivity index is 1.80. The van der Waals surface area contributed by atoms with Crippen molar-refractivity contribution in [2.45, 2.75) is 25.7 Å². The maximum absolute atomic E-state index is 13.5. The first kappa shape index (κ1) is 12.6. The highest BCUT2D eigenvalue weighted by Gasteiger charge is 2.53. The van der Waals surface area contributed by atoms with Gasteiger partial charge in [-0.25, -0.2) is 4.39 Å². The highest BCUT2D eigenvalue weighted by Crippen LogP contribution is 2.60. The standard InChI is InChI=1S/C15H19BrFN/c1-18-9-15(7-11-4-12(11)8-15)6-10-2-13(16)5-14(17)3-10/h2-3,5,11-12,18H,4,6-9H2,1H3. The monoisotopic (exact) mass is 311 g/mol. The van der Waals surface area contributed by atoms with Crippen LogP contribution < -0.4 is 5.32 Å². The lowest BCUT2D eigenvalue weighted by Crippen LogP contribution is -2.33. The van der Waals surface area contributed by atoms with E-state index in [1.165, 1.54) is 25.3 Å². The second kappa shape index (κ2) is 4.61. The van der Waals surface area contributed by atoms with Crippen molar-refractivity contribution < 1.29 is 4.39 Å². The molecule has 0 bridgehead atoms. The molecular weight excluding hydrogens is 293 g/mol. The summed E-state index contributed by atoms with van der Waals surface area (Å²) < 4.78 is 14.3. The summed E-state index contributed by atoms with van der Waals surface area (Å²) in [6, 6.07) is 5.27. The van der Waals surface area contributed by atoms with Gasteiger partial charge in [-0.15, -0.1) is 0 Å². The lowest BCUT2D eigenvalue weighted by Gasteiger charge is -2.31. The second-order valence-corrected chi connectivity index (χ2v) is 7.06. The zero-order valence-electron chi connectivity index (χ0n) is 10.7. The molecule has 18 heavy (non-hydrogen) atoms. The van der Waals surface area contributed by atoms with E-state index in [-0.39, 0.29) is 5.82 Å². The average Bonchev–Trinajstić information content (AvgIpc) is 2.85. The van der Waals surface area contributed by atoms with Gasteiger partial charge in [0, 0.05) is 11.0 Å². The van der Waals surface area contributed by atoms with Crippen LogP contribution in [0.1, 0.15) is 24.8 Å². The van der Waals surface area contributed by atoms with E-state index in [1.54, 1.807) is 6.07 Å². The Bertz CT molecular complexity index is 430. The van der Waals surface area contributed by atoms with Gasteiger partial charge in [0.1, 0.15) is 5.82 Å². The van der Waals surface area contributed by atoms with Crippen molar-refractivity contribution in [2.75, 3.05) is 13.6 Å². The molecule has 0 aromatic heterocycles. The summed E-state index contributed by atoms with van der Waals surface area (Å²) >= 11 is 3.38. The molecule has 0 aliphatic heterocycles. The molecule has 3 heteroatoms. The van der Waals surface area contributed by atoms with Gasteiger partial charge in [0.2, 0.25) is 0 Å². The third-order valence-electron chi connectivity index (χ3n) is 4.51. The molecule has 1 nitrogen and oxygen atoms in total. The highest BCUT2D eigenvalue weighted by atomic mass is 79.9. The van der Waals surface area contributed by atoms with Crippen molar-refractivity contribution in [3.05, 3.63) is 34.1 Å². The maximum Gasteiger partial charge on any atom is 0.124 e. The van der Waals surface area contributed by atoms with E-state index >= 15 is 0 Å². The molecule has 2 fully saturated rings. The number of nitrogens with one attached hydrogen (secondary N) is 1. The van der Waals surface area contributed by atoms with Crippen molar-refractivity contribution in [2.24, 2.45) is 17.3 Å². The van der Waals surface area contributed by atoms with E-state index < -0.39 is 0 Å². The fraction of sp³-hybridized carbons (Fsp3) is 0.600. The van der Waals surface area contributed by atoms with Gasteiger partial charge in [-0.1, -0.05) is 15.9 Å². The van der Waals surface area contributed by atoms with Crippen LogP contribution in [0, 0.1) is 23.1 Å². The van der Waals surface area contributed by atoms with Crippen LogP contribution in [-0.4, -0.2) is 13.6 Å². The fourth-order valence-corrected chi connectivity index (χ4v) is 4.39. The molecule has 0 heterocycles. The number of halogens is 2. The van der Waals surface area contributed by atoms with Gasteiger partial charge >= 0.3 is 0 Å². The molecule has 2 saturated carbocycles. The van der Waals surface area contributed by atoms with E-state index in [9.17, 15) is 4.39 Å². The Morgan fingerprint density at radius 2 is 2.06 bits per heavy atom. The van der Waals surface area contributed by atoms with Crippen molar-refractivity contribution in [1.29, 1.82) is 0 Å². The molecule has 0 saturated heterocycles. The first-order valence-electron chi connectivity index (χ1n) is 6.70. The van der Waals surface area contributed by atoms with E-state index in [1.807, 2.05) is 7.05 Å². The zero-order valence-corrected chi connectivity index (χ0v) is 12.3. The Morgan fingerprint density at radius 3 is 2.67 bits per heavy atom. The largest absolute Gasteiger partial charge is 0.319 e. The molecular formula is C15H19BrFN. The maximum atomic E-state index is 13.5. The zero-order chi connectivity index (χ0) is 12.8. The molecule has 1 aromatic rings. The van der Waals surface area contributed by atoms with Crippen LogP contribution >= 0.6 is 15.9 Å². The Labute approximate surface area is 116 Å². The lowest BCUT2D eigenvalue weighted by atomic mass is 9.77. The smallest absolute Gasteiger partial charge is 0.124 e. The quantitative estimate of drug-likeness (QED) is 0.892. The fourth-order valence-electron chi connectivity index (χ4n) is 3.88. The number of rotatable bonds is 4. The number of fused-ring (bicyclic) bond motifs is 1. The minimum atomic E-state index is -0.137. The van der Waals surface area contributed by atoms with Gasteiger partial charge in [0.05, 0.1) is 0 Å². The van der Waals surface area contributed by atoms with Gasteiger partial charge in [-0.05, 0) is 73.7 Å². The van der Waals surface area contributed by atoms with Gasteiger partial charge in [0.15, 0.2) is 0 Å². The molecule has 2 aliphatic carbocycles. The SMILES string of the molecule is CNCC1(Cc2cc(F)cc(Br)c2)CC2CC2C1. The van der Waals surface area contributed by atoms with Crippen LogP contribution in [0.25, 0.3) is 0 Å². The summed E-state index contributed by atoms with van der Waals surface area (Å²) in [6.07, 6.45) is 5.05. The van der Waals surface area contributed by atoms with Crippen LogP contribution in [-0.2, 0) is 6.42 Å². The lowest BCUT2D eigenvalue weighted by molar-refractivity contribution is 0.255. The molecule has 2 unspecified atom stereocenters. The number of hydrogen-bond acceptors (Lipinski definition) is 1. The highest BCUT2D eigenvalue weighted by molar-refractivity contribution is 9.10. The third kappa shape index (κ3) is 2.48. The minimum Gasteiger partial charge on any atom is -0.319 e. The number of hydrogen-bond donors (Lipinski definition) is 1. The van der Waals surface area contributed by atoms with Crippen molar-refractivity contribution in [1.82, 2.24) is 5.32 Å². The Hall–Kier alpha value is -0.410. The Kier molecular flexibility index (Phi) is 3.23. The molecule has 0 radical (unpaired) electrons. The molecule has 2 aliphatic rings. The second-order valence-electron chi connectivity index (χ2n) is 6.15. The van der Waals surface area contributed by atoms with Crippen LogP contribution in [0.2, 0.25) is 0 Å². The van der Waals surface area contributed by atoms with Crippen LogP contribution in [0.3, 0.4) is 0 Å². The summed E-state index contributed by atoms with van der Waals surface area (Å²) in [5.74, 6) is 1.77. The predicted molar refractivity (Wildman–Crippen MR) is 75.0 cm³/mol. The van der Waals surface area contributed by atoms with Gasteiger partial charge in [0.25, 0.3) is 0 Å². The predicted octanol–water partition coefficient (Wildman–Crippen LogP) is 3.77. The summed E-state index contributed by atoms with van der Waals surface area (Å²) in [5, 5.41) is 3.34. The van der Waals surface area contributed by atoms with Crippen LogP contribution in [0.15, 0.2) is 22.7 Å². The molecule has 2 atom stereocenters. The topological polar surface area (TPSA) is 12.0 Å². The Morgan fingerprint density at radius 1 is 1.33 bits per heavy atom. The van der Waals surface area contributed by atoms with Gasteiger partial charge in [-0.3, -0.25) is 0 Å². The summed E-state index contributed by atoms with van der Waals surface area (Å²) in [4.78, 5) is 0. The third-order valence-corrected chi connectivity index (χ3v) is 4.97. The molecule has 1 aromatic carbocycles. The van der Waals surface area contributed by atoms with Crippen molar-refractivity contribution >= 4 is 15.9 Å². The van der Waals surface area contributed by atoms with Crippen LogP contribution in [0.5, 0.6) is 0 Å². The molecule has 98 valence electrons. The molecule has 3 rings (SSSR count). The molecule has 0 amide bonds. The molecule has 0 spiro atoms. The van der Waals surface area contributed by atoms with Gasteiger partial charge < -0.3 is 5.32 Å². The first-order valence-corrected chi connectivity index (χ1v) is 7.49. The normalized spacial score (nSPS) is 33.5. The van der Waals surface area contributed by atoms with E-state index in [0.29, 0.717) is 5.41 Å². The van der Waals surface area contributed by atoms with Crippen molar-refractivity contribution in [3.63, 3.8) is 0 Å². The summed E-state index contributed by atoms with van der Waals surface area (Å²) in [6.45, 7) is 1.05. The summed E-state index contributed by atoms with van der Waals surface area (Å²) in [5.41, 5.74) is 1.48. The van der Waals surface area contributed by atoms with Crippen LogP contribution in [0.4, 0.5) is 4.39 Å². The number of benzene rings is 1. The molecule has 1 N–H and O–H groups in total. The summed E-state index contributed by atoms with van der Waals surface area (Å²) in [7, 11) is 2.02. The van der Waals surface area contributed by atoms with Crippen molar-refractivity contribution in [3.8, 4) is 0 Å². The van der Waals surface area contributed by atoms with Gasteiger partial charge in [-0.2, -0.15) is 0 Å². The van der Waals surface area contributed by atoms with E-state index in [2.05, 4.69) is 27.3 Å².